The molecule has 0 radical (unpaired) electrons. The number of anilines is 1. The Bertz CT molecular complexity index is 374. The van der Waals surface area contributed by atoms with Crippen molar-refractivity contribution >= 4 is 5.82 Å². The van der Waals surface area contributed by atoms with Gasteiger partial charge < -0.3 is 20.1 Å². The Morgan fingerprint density at radius 1 is 1.53 bits per heavy atom. The summed E-state index contributed by atoms with van der Waals surface area (Å²) in [5, 5.41) is 0. The fourth-order valence-corrected chi connectivity index (χ4v) is 1.95. The number of rotatable bonds is 3. The lowest BCUT2D eigenvalue weighted by atomic mass is 10.2. The molecule has 0 aliphatic carbocycles. The van der Waals surface area contributed by atoms with Crippen molar-refractivity contribution in [2.24, 2.45) is 5.73 Å². The molecule has 0 saturated carbocycles. The van der Waals surface area contributed by atoms with Gasteiger partial charge in [-0.3, -0.25) is 4.98 Å². The molecule has 1 aromatic heterocycles. The molecule has 0 aromatic carbocycles. The molecule has 94 valence electrons. The number of hydrogen-bond donors (Lipinski definition) is 1. The predicted octanol–water partition coefficient (Wildman–Crippen LogP) is 0.0376. The van der Waals surface area contributed by atoms with Gasteiger partial charge in [-0.1, -0.05) is 0 Å². The predicted molar refractivity (Wildman–Crippen MR) is 64.2 cm³/mol. The fraction of sp³-hybridized carbons (Fsp3) is 0.636. The second-order valence-electron chi connectivity index (χ2n) is 4.13. The van der Waals surface area contributed by atoms with Gasteiger partial charge in [-0.15, -0.1) is 0 Å². The van der Waals surface area contributed by atoms with Crippen LogP contribution in [-0.2, 0) is 4.74 Å². The minimum absolute atomic E-state index is 0.0479. The van der Waals surface area contributed by atoms with E-state index in [2.05, 4.69) is 14.9 Å². The second-order valence-corrected chi connectivity index (χ2v) is 4.13. The van der Waals surface area contributed by atoms with E-state index in [1.54, 1.807) is 19.5 Å². The van der Waals surface area contributed by atoms with Gasteiger partial charge in [0.25, 0.3) is 0 Å². The van der Waals surface area contributed by atoms with E-state index in [1.807, 2.05) is 6.92 Å². The monoisotopic (exact) mass is 238 g/mol. The Hall–Kier alpha value is -1.40. The number of morpholine rings is 1. The first kappa shape index (κ1) is 12.1. The normalized spacial score (nSPS) is 24.8. The van der Waals surface area contributed by atoms with E-state index in [0.29, 0.717) is 12.4 Å². The first-order valence-electron chi connectivity index (χ1n) is 5.69. The highest BCUT2D eigenvalue weighted by Crippen LogP contribution is 2.19. The summed E-state index contributed by atoms with van der Waals surface area (Å²) in [6.45, 7) is 4.07. The molecule has 0 amide bonds. The fourth-order valence-electron chi connectivity index (χ4n) is 1.95. The Morgan fingerprint density at radius 3 is 3.06 bits per heavy atom. The average molecular weight is 238 g/mol. The summed E-state index contributed by atoms with van der Waals surface area (Å²) in [6.07, 6.45) is 3.51. The van der Waals surface area contributed by atoms with E-state index in [-0.39, 0.29) is 12.2 Å². The number of hydrogen-bond acceptors (Lipinski definition) is 6. The maximum absolute atomic E-state index is 5.70. The molecular weight excluding hydrogens is 220 g/mol. The second kappa shape index (κ2) is 5.29. The number of nitrogens with zero attached hydrogens (tertiary/aromatic N) is 3. The number of methoxy groups -OCH3 is 1. The summed E-state index contributed by atoms with van der Waals surface area (Å²) in [7, 11) is 1.58. The van der Waals surface area contributed by atoms with Crippen LogP contribution in [0.3, 0.4) is 0 Å². The van der Waals surface area contributed by atoms with Crippen LogP contribution in [0.1, 0.15) is 6.92 Å². The van der Waals surface area contributed by atoms with Gasteiger partial charge in [-0.05, 0) is 6.92 Å². The highest BCUT2D eigenvalue weighted by atomic mass is 16.5. The third kappa shape index (κ3) is 2.83. The largest absolute Gasteiger partial charge is 0.480 e. The van der Waals surface area contributed by atoms with Gasteiger partial charge >= 0.3 is 0 Å². The molecular formula is C11H18N4O2. The maximum Gasteiger partial charge on any atom is 0.233 e. The Morgan fingerprint density at radius 2 is 2.35 bits per heavy atom. The molecule has 1 saturated heterocycles. The molecule has 2 rings (SSSR count). The van der Waals surface area contributed by atoms with E-state index in [9.17, 15) is 0 Å². The molecule has 0 bridgehead atoms. The van der Waals surface area contributed by atoms with Crippen LogP contribution in [0.25, 0.3) is 0 Å². The maximum atomic E-state index is 5.70. The lowest BCUT2D eigenvalue weighted by Gasteiger charge is -2.36. The van der Waals surface area contributed by atoms with Crippen molar-refractivity contribution in [1.82, 2.24) is 9.97 Å². The molecule has 6 nitrogen and oxygen atoms in total. The summed E-state index contributed by atoms with van der Waals surface area (Å²) in [5.41, 5.74) is 5.65. The van der Waals surface area contributed by atoms with Crippen molar-refractivity contribution in [1.29, 1.82) is 0 Å². The van der Waals surface area contributed by atoms with Gasteiger partial charge in [0.1, 0.15) is 0 Å². The molecule has 2 heterocycles. The number of nitrogens with two attached hydrogens (primary N) is 1. The molecule has 1 aliphatic heterocycles. The van der Waals surface area contributed by atoms with Crippen LogP contribution in [-0.4, -0.2) is 48.9 Å². The molecule has 1 aromatic rings. The molecule has 1 aliphatic rings. The van der Waals surface area contributed by atoms with Gasteiger partial charge in [-0.2, -0.15) is 4.98 Å². The van der Waals surface area contributed by atoms with E-state index in [0.717, 1.165) is 18.9 Å². The summed E-state index contributed by atoms with van der Waals surface area (Å²) >= 11 is 0. The number of ether oxygens (including phenoxy) is 2. The minimum atomic E-state index is 0.0479. The van der Waals surface area contributed by atoms with Crippen LogP contribution in [0.15, 0.2) is 12.4 Å². The van der Waals surface area contributed by atoms with Crippen molar-refractivity contribution < 1.29 is 9.47 Å². The third-order valence-corrected chi connectivity index (χ3v) is 2.72. The molecule has 1 fully saturated rings. The van der Waals surface area contributed by atoms with Crippen molar-refractivity contribution in [2.45, 2.75) is 19.1 Å². The van der Waals surface area contributed by atoms with E-state index >= 15 is 0 Å². The molecule has 2 atom stereocenters. The first-order valence-corrected chi connectivity index (χ1v) is 5.69. The zero-order valence-corrected chi connectivity index (χ0v) is 10.2. The molecule has 0 spiro atoms. The van der Waals surface area contributed by atoms with Crippen molar-refractivity contribution in [2.75, 3.05) is 31.6 Å². The Kier molecular flexibility index (Phi) is 3.75. The highest BCUT2D eigenvalue weighted by molar-refractivity contribution is 5.38. The van der Waals surface area contributed by atoms with E-state index < -0.39 is 0 Å². The SMILES string of the molecule is COc1cncc(N2CC(C)OC(CN)C2)n1. The smallest absolute Gasteiger partial charge is 0.233 e. The number of aromatic nitrogens is 2. The zero-order chi connectivity index (χ0) is 12.3. The molecule has 17 heavy (non-hydrogen) atoms. The van der Waals surface area contributed by atoms with E-state index in [1.165, 1.54) is 0 Å². The molecule has 6 heteroatoms. The Labute approximate surface area is 101 Å². The average Bonchev–Trinajstić information content (AvgIpc) is 2.38. The highest BCUT2D eigenvalue weighted by Gasteiger charge is 2.25. The quantitative estimate of drug-likeness (QED) is 0.801. The molecule has 2 unspecified atom stereocenters. The Balaban J connectivity index is 2.14. The standard InChI is InChI=1S/C11H18N4O2/c1-8-6-15(7-9(3-12)17-8)10-4-13-5-11(14-10)16-2/h4-5,8-9H,3,6-7,12H2,1-2H3. The van der Waals surface area contributed by atoms with Crippen LogP contribution >= 0.6 is 0 Å². The van der Waals surface area contributed by atoms with E-state index in [4.69, 9.17) is 15.2 Å². The third-order valence-electron chi connectivity index (χ3n) is 2.72. The van der Waals surface area contributed by atoms with Crippen molar-refractivity contribution in [3.63, 3.8) is 0 Å². The topological polar surface area (TPSA) is 73.5 Å². The zero-order valence-electron chi connectivity index (χ0n) is 10.2. The lowest BCUT2D eigenvalue weighted by molar-refractivity contribution is -0.0107. The first-order chi connectivity index (χ1) is 8.22. The molecule has 2 N–H and O–H groups in total. The van der Waals surface area contributed by atoms with Crippen LogP contribution in [0, 0.1) is 0 Å². The summed E-state index contributed by atoms with van der Waals surface area (Å²) < 4.78 is 10.8. The van der Waals surface area contributed by atoms with Crippen LogP contribution in [0.4, 0.5) is 5.82 Å². The summed E-state index contributed by atoms with van der Waals surface area (Å²) in [6, 6.07) is 0. The summed E-state index contributed by atoms with van der Waals surface area (Å²) in [4.78, 5) is 10.6. The van der Waals surface area contributed by atoms with Crippen molar-refractivity contribution in [3.8, 4) is 5.88 Å². The van der Waals surface area contributed by atoms with Crippen LogP contribution in [0.5, 0.6) is 5.88 Å². The lowest BCUT2D eigenvalue weighted by Crippen LogP contribution is -2.49. The van der Waals surface area contributed by atoms with Crippen molar-refractivity contribution in [3.05, 3.63) is 12.4 Å². The van der Waals surface area contributed by atoms with Crippen LogP contribution in [0.2, 0.25) is 0 Å². The van der Waals surface area contributed by atoms with Crippen LogP contribution < -0.4 is 15.4 Å². The van der Waals surface area contributed by atoms with Gasteiger partial charge in [-0.25, -0.2) is 0 Å². The minimum Gasteiger partial charge on any atom is -0.480 e. The van der Waals surface area contributed by atoms with Gasteiger partial charge in [0.15, 0.2) is 5.82 Å². The van der Waals surface area contributed by atoms with Gasteiger partial charge in [0, 0.05) is 19.6 Å². The summed E-state index contributed by atoms with van der Waals surface area (Å²) in [5.74, 6) is 1.32. The van der Waals surface area contributed by atoms with Gasteiger partial charge in [0.2, 0.25) is 5.88 Å². The van der Waals surface area contributed by atoms with Gasteiger partial charge in [0.05, 0.1) is 31.7 Å².